The zero-order valence-electron chi connectivity index (χ0n) is 22.3. The first kappa shape index (κ1) is 29.8. The highest BCUT2D eigenvalue weighted by molar-refractivity contribution is 6.04. The van der Waals surface area contributed by atoms with Gasteiger partial charge in [-0.05, 0) is 50.6 Å². The van der Waals surface area contributed by atoms with Crippen molar-refractivity contribution in [2.24, 2.45) is 0 Å². The van der Waals surface area contributed by atoms with Gasteiger partial charge in [0, 0.05) is 19.7 Å². The summed E-state index contributed by atoms with van der Waals surface area (Å²) in [6.07, 6.45) is -0.478. The van der Waals surface area contributed by atoms with E-state index in [0.717, 1.165) is 0 Å². The Morgan fingerprint density at radius 2 is 1.76 bits per heavy atom. The van der Waals surface area contributed by atoms with Crippen molar-refractivity contribution in [2.75, 3.05) is 33.4 Å². The van der Waals surface area contributed by atoms with E-state index >= 15 is 0 Å². The van der Waals surface area contributed by atoms with Crippen molar-refractivity contribution >= 4 is 17.8 Å². The lowest BCUT2D eigenvalue weighted by Gasteiger charge is -2.25. The molecule has 9 heteroatoms. The fourth-order valence-corrected chi connectivity index (χ4v) is 3.39. The van der Waals surface area contributed by atoms with Gasteiger partial charge in [-0.25, -0.2) is 9.18 Å². The molecule has 0 aromatic heterocycles. The molecule has 1 unspecified atom stereocenters. The number of rotatable bonds is 8. The fraction of sp³-hybridized carbons (Fsp3) is 0.464. The number of hydrogen-bond donors (Lipinski definition) is 0. The number of ether oxygens (including phenoxy) is 4. The third-order valence-electron chi connectivity index (χ3n) is 5.17. The fourth-order valence-electron chi connectivity index (χ4n) is 3.39. The largest absolute Gasteiger partial charge is 0.492 e. The van der Waals surface area contributed by atoms with Gasteiger partial charge in [0.2, 0.25) is 0 Å². The third kappa shape index (κ3) is 9.17. The summed E-state index contributed by atoms with van der Waals surface area (Å²) in [5.74, 6) is -0.829. The van der Waals surface area contributed by atoms with Gasteiger partial charge in [0.15, 0.2) is 5.78 Å². The van der Waals surface area contributed by atoms with Crippen LogP contribution in [0.1, 0.15) is 62.9 Å². The first-order chi connectivity index (χ1) is 17.5. The summed E-state index contributed by atoms with van der Waals surface area (Å²) < 4.78 is 34.9. The molecule has 0 bridgehead atoms. The van der Waals surface area contributed by atoms with Crippen LogP contribution in [0.3, 0.4) is 0 Å². The minimum Gasteiger partial charge on any atom is -0.492 e. The standard InChI is InChI=1S/C26H30FNO7.C2H6/c1-26(2,3)35-23(29)11-13-32-14-12-28(4)25(31)34-19-9-10-20-22(15-19)33-16-21(24(20)30)17-5-7-18(27)8-6-17;1-2/h5-10,15,21H,11-14,16H2,1-4H3;1-2H3. The SMILES string of the molecule is CC.CN(CCOCCC(=O)OC(C)(C)C)C(=O)Oc1ccc2c(c1)OCC(c1ccc(F)cc1)C2=O. The number of carbonyl (C=O) groups is 3. The van der Waals surface area contributed by atoms with Crippen LogP contribution in [-0.2, 0) is 14.3 Å². The molecule has 1 amide bonds. The molecule has 0 saturated heterocycles. The van der Waals surface area contributed by atoms with Crippen LogP contribution in [0.2, 0.25) is 0 Å². The topological polar surface area (TPSA) is 91.4 Å². The lowest BCUT2D eigenvalue weighted by Crippen LogP contribution is -2.33. The van der Waals surface area contributed by atoms with E-state index in [1.54, 1.807) is 46.0 Å². The lowest BCUT2D eigenvalue weighted by atomic mass is 9.89. The van der Waals surface area contributed by atoms with Crippen LogP contribution >= 0.6 is 0 Å². The van der Waals surface area contributed by atoms with E-state index in [1.165, 1.54) is 29.2 Å². The molecule has 2 aromatic rings. The van der Waals surface area contributed by atoms with Gasteiger partial charge in [-0.3, -0.25) is 9.59 Å². The molecule has 8 nitrogen and oxygen atoms in total. The number of ketones is 1. The Balaban J connectivity index is 0.00000235. The summed E-state index contributed by atoms with van der Waals surface area (Å²) in [4.78, 5) is 38.3. The zero-order chi connectivity index (χ0) is 27.6. The quantitative estimate of drug-likeness (QED) is 0.342. The Hall–Kier alpha value is -3.46. The number of Topliss-reactive ketones (excluding diaryl/α,β-unsaturated/α-hetero) is 1. The molecule has 1 heterocycles. The van der Waals surface area contributed by atoms with E-state index in [-0.39, 0.29) is 56.1 Å². The summed E-state index contributed by atoms with van der Waals surface area (Å²) >= 11 is 0. The van der Waals surface area contributed by atoms with Crippen LogP contribution in [-0.4, -0.2) is 61.8 Å². The molecule has 0 fully saturated rings. The maximum absolute atomic E-state index is 13.2. The van der Waals surface area contributed by atoms with E-state index in [0.29, 0.717) is 16.9 Å². The van der Waals surface area contributed by atoms with Crippen LogP contribution in [0.5, 0.6) is 11.5 Å². The molecule has 2 aromatic carbocycles. The van der Waals surface area contributed by atoms with Gasteiger partial charge in [0.25, 0.3) is 0 Å². The van der Waals surface area contributed by atoms with E-state index in [9.17, 15) is 18.8 Å². The molecule has 1 aliphatic heterocycles. The number of halogens is 1. The summed E-state index contributed by atoms with van der Waals surface area (Å²) in [6.45, 7) is 10.2. The van der Waals surface area contributed by atoms with Gasteiger partial charge in [-0.2, -0.15) is 0 Å². The average Bonchev–Trinajstić information content (AvgIpc) is 2.85. The van der Waals surface area contributed by atoms with Gasteiger partial charge in [0.05, 0.1) is 31.1 Å². The predicted molar refractivity (Wildman–Crippen MR) is 137 cm³/mol. The van der Waals surface area contributed by atoms with Crippen LogP contribution < -0.4 is 9.47 Å². The second-order valence-electron chi connectivity index (χ2n) is 9.18. The second kappa shape index (κ2) is 13.7. The average molecular weight is 518 g/mol. The molecule has 1 aliphatic rings. The molecule has 0 radical (unpaired) electrons. The summed E-state index contributed by atoms with van der Waals surface area (Å²) in [6, 6.07) is 10.3. The Kier molecular flexibility index (Phi) is 11.1. The van der Waals surface area contributed by atoms with Crippen molar-refractivity contribution in [1.82, 2.24) is 4.90 Å². The minimum atomic E-state index is -0.605. The van der Waals surface area contributed by atoms with Crippen molar-refractivity contribution < 1.29 is 37.7 Å². The van der Waals surface area contributed by atoms with Gasteiger partial charge >= 0.3 is 12.1 Å². The Morgan fingerprint density at radius 3 is 2.41 bits per heavy atom. The minimum absolute atomic E-state index is 0.107. The predicted octanol–water partition coefficient (Wildman–Crippen LogP) is 5.39. The highest BCUT2D eigenvalue weighted by atomic mass is 19.1. The zero-order valence-corrected chi connectivity index (χ0v) is 22.3. The molecule has 0 saturated carbocycles. The number of benzene rings is 2. The molecule has 37 heavy (non-hydrogen) atoms. The van der Waals surface area contributed by atoms with Crippen LogP contribution in [0, 0.1) is 5.82 Å². The van der Waals surface area contributed by atoms with Crippen molar-refractivity contribution in [3.63, 3.8) is 0 Å². The van der Waals surface area contributed by atoms with Crippen LogP contribution in [0.15, 0.2) is 42.5 Å². The summed E-state index contributed by atoms with van der Waals surface area (Å²) in [5, 5.41) is 0. The number of likely N-dealkylation sites (N-methyl/N-ethyl adjacent to an activating group) is 1. The number of hydrogen-bond acceptors (Lipinski definition) is 7. The summed E-state index contributed by atoms with van der Waals surface area (Å²) in [5.41, 5.74) is 0.505. The van der Waals surface area contributed by atoms with Crippen LogP contribution in [0.4, 0.5) is 9.18 Å². The van der Waals surface area contributed by atoms with Gasteiger partial charge < -0.3 is 23.8 Å². The number of carbonyl (C=O) groups excluding carboxylic acids is 3. The number of amides is 1. The van der Waals surface area contributed by atoms with Crippen molar-refractivity contribution in [2.45, 2.75) is 52.6 Å². The lowest BCUT2D eigenvalue weighted by molar-refractivity contribution is -0.156. The van der Waals surface area contributed by atoms with E-state index in [4.69, 9.17) is 18.9 Å². The molecule has 0 spiro atoms. The first-order valence-electron chi connectivity index (χ1n) is 12.3. The molecule has 1 atom stereocenters. The normalized spacial score (nSPS) is 14.5. The van der Waals surface area contributed by atoms with E-state index < -0.39 is 17.6 Å². The highest BCUT2D eigenvalue weighted by Gasteiger charge is 2.30. The van der Waals surface area contributed by atoms with Crippen LogP contribution in [0.25, 0.3) is 0 Å². The van der Waals surface area contributed by atoms with Crippen molar-refractivity contribution in [1.29, 1.82) is 0 Å². The van der Waals surface area contributed by atoms with Gasteiger partial charge in [-0.1, -0.05) is 26.0 Å². The molecule has 0 N–H and O–H groups in total. The Labute approximate surface area is 217 Å². The van der Waals surface area contributed by atoms with Gasteiger partial charge in [-0.15, -0.1) is 0 Å². The second-order valence-corrected chi connectivity index (χ2v) is 9.18. The first-order valence-corrected chi connectivity index (χ1v) is 12.3. The number of esters is 1. The van der Waals surface area contributed by atoms with Crippen molar-refractivity contribution in [3.05, 3.63) is 59.4 Å². The highest BCUT2D eigenvalue weighted by Crippen LogP contribution is 2.35. The third-order valence-corrected chi connectivity index (χ3v) is 5.17. The van der Waals surface area contributed by atoms with Gasteiger partial charge in [0.1, 0.15) is 29.5 Å². The summed E-state index contributed by atoms with van der Waals surface area (Å²) in [7, 11) is 1.56. The Bertz CT molecular complexity index is 1060. The van der Waals surface area contributed by atoms with E-state index in [1.807, 2.05) is 13.8 Å². The smallest absolute Gasteiger partial charge is 0.415 e. The molecule has 3 rings (SSSR count). The van der Waals surface area contributed by atoms with Crippen molar-refractivity contribution in [3.8, 4) is 11.5 Å². The Morgan fingerprint density at radius 1 is 1.08 bits per heavy atom. The number of fused-ring (bicyclic) bond motifs is 1. The number of nitrogens with zero attached hydrogens (tertiary/aromatic N) is 1. The molecular formula is C28H36FNO7. The van der Waals surface area contributed by atoms with E-state index in [2.05, 4.69) is 0 Å². The maximum Gasteiger partial charge on any atom is 0.415 e. The molecule has 202 valence electrons. The maximum atomic E-state index is 13.2. The molecular weight excluding hydrogens is 481 g/mol. The molecule has 0 aliphatic carbocycles. The monoisotopic (exact) mass is 517 g/mol.